The van der Waals surface area contributed by atoms with Crippen molar-refractivity contribution < 1.29 is 22.7 Å². The van der Waals surface area contributed by atoms with E-state index in [0.29, 0.717) is 12.0 Å². The normalized spacial score (nSPS) is 13.0. The molecule has 0 fully saturated rings. The molecule has 0 spiro atoms. The molecule has 0 aromatic heterocycles. The Morgan fingerprint density at radius 2 is 1.95 bits per heavy atom. The second-order valence-corrected chi connectivity index (χ2v) is 4.95. The molecule has 6 heteroatoms. The van der Waals surface area contributed by atoms with Crippen molar-refractivity contribution in [1.82, 2.24) is 0 Å². The van der Waals surface area contributed by atoms with Gasteiger partial charge in [0.2, 0.25) is 5.91 Å². The molecular formula is C15H20F3NO2. The summed E-state index contributed by atoms with van der Waals surface area (Å²) in [5.74, 6) is -1.14. The SMILES string of the molecule is CCCCCC(CC(N)=O)c1ccccc1OC(F)(F)F. The second-order valence-electron chi connectivity index (χ2n) is 4.95. The second kappa shape index (κ2) is 7.90. The number of unbranched alkanes of at least 4 members (excludes halogenated alkanes) is 2. The van der Waals surface area contributed by atoms with E-state index in [9.17, 15) is 18.0 Å². The van der Waals surface area contributed by atoms with E-state index in [4.69, 9.17) is 5.73 Å². The van der Waals surface area contributed by atoms with Gasteiger partial charge in [-0.05, 0) is 24.0 Å². The highest BCUT2D eigenvalue weighted by molar-refractivity contribution is 5.75. The van der Waals surface area contributed by atoms with E-state index in [2.05, 4.69) is 4.74 Å². The summed E-state index contributed by atoms with van der Waals surface area (Å²) in [6.45, 7) is 2.03. The van der Waals surface area contributed by atoms with Crippen LogP contribution in [0, 0.1) is 0 Å². The quantitative estimate of drug-likeness (QED) is 0.734. The number of ether oxygens (including phenoxy) is 1. The van der Waals surface area contributed by atoms with Crippen LogP contribution in [0.1, 0.15) is 50.5 Å². The number of carbonyl (C=O) groups is 1. The molecular weight excluding hydrogens is 283 g/mol. The predicted octanol–water partition coefficient (Wildman–Crippen LogP) is 4.12. The lowest BCUT2D eigenvalue weighted by Gasteiger charge is -2.20. The number of carbonyl (C=O) groups excluding carboxylic acids is 1. The number of primary amides is 1. The zero-order valence-corrected chi connectivity index (χ0v) is 12.0. The molecule has 0 saturated carbocycles. The molecule has 1 atom stereocenters. The van der Waals surface area contributed by atoms with Crippen molar-refractivity contribution in [3.05, 3.63) is 29.8 Å². The third-order valence-electron chi connectivity index (χ3n) is 3.19. The maximum Gasteiger partial charge on any atom is 0.573 e. The Hall–Kier alpha value is -1.72. The van der Waals surface area contributed by atoms with Gasteiger partial charge in [0, 0.05) is 6.42 Å². The highest BCUT2D eigenvalue weighted by Crippen LogP contribution is 2.35. The van der Waals surface area contributed by atoms with Crippen LogP contribution in [-0.4, -0.2) is 12.3 Å². The molecule has 0 radical (unpaired) electrons. The molecule has 21 heavy (non-hydrogen) atoms. The van der Waals surface area contributed by atoms with Gasteiger partial charge in [-0.1, -0.05) is 44.4 Å². The topological polar surface area (TPSA) is 52.3 Å². The standard InChI is InChI=1S/C15H20F3NO2/c1-2-3-4-7-11(10-14(19)20)12-8-5-6-9-13(12)21-15(16,17)18/h5-6,8-9,11H,2-4,7,10H2,1H3,(H2,19,20). The minimum Gasteiger partial charge on any atom is -0.405 e. The van der Waals surface area contributed by atoms with Crippen LogP contribution in [0.2, 0.25) is 0 Å². The lowest BCUT2D eigenvalue weighted by molar-refractivity contribution is -0.275. The van der Waals surface area contributed by atoms with Gasteiger partial charge < -0.3 is 10.5 Å². The number of rotatable bonds is 8. The summed E-state index contributed by atoms with van der Waals surface area (Å²) in [7, 11) is 0. The summed E-state index contributed by atoms with van der Waals surface area (Å²) in [6, 6.07) is 5.92. The van der Waals surface area contributed by atoms with Crippen LogP contribution in [0.5, 0.6) is 5.75 Å². The van der Waals surface area contributed by atoms with Crippen molar-refractivity contribution in [2.24, 2.45) is 5.73 Å². The first kappa shape index (κ1) is 17.3. The Bertz CT molecular complexity index is 460. The Morgan fingerprint density at radius 1 is 1.29 bits per heavy atom. The zero-order valence-electron chi connectivity index (χ0n) is 12.0. The fraction of sp³-hybridized carbons (Fsp3) is 0.533. The van der Waals surface area contributed by atoms with Gasteiger partial charge in [-0.3, -0.25) is 4.79 Å². The summed E-state index contributed by atoms with van der Waals surface area (Å²) in [5, 5.41) is 0. The van der Waals surface area contributed by atoms with E-state index in [1.807, 2.05) is 6.92 Å². The summed E-state index contributed by atoms with van der Waals surface area (Å²) in [5.41, 5.74) is 5.59. The van der Waals surface area contributed by atoms with Crippen molar-refractivity contribution in [2.45, 2.75) is 51.3 Å². The average Bonchev–Trinajstić information content (AvgIpc) is 2.36. The van der Waals surface area contributed by atoms with Gasteiger partial charge in [-0.2, -0.15) is 0 Å². The van der Waals surface area contributed by atoms with Crippen LogP contribution in [-0.2, 0) is 4.79 Å². The molecule has 1 aromatic carbocycles. The van der Waals surface area contributed by atoms with E-state index in [-0.39, 0.29) is 18.1 Å². The summed E-state index contributed by atoms with van der Waals surface area (Å²) >= 11 is 0. The lowest BCUT2D eigenvalue weighted by atomic mass is 9.89. The molecule has 0 aliphatic rings. The summed E-state index contributed by atoms with van der Waals surface area (Å²) < 4.78 is 41.4. The number of amides is 1. The van der Waals surface area contributed by atoms with Crippen LogP contribution < -0.4 is 10.5 Å². The summed E-state index contributed by atoms with van der Waals surface area (Å²) in [6.07, 6.45) is -1.36. The molecule has 0 heterocycles. The van der Waals surface area contributed by atoms with Gasteiger partial charge in [-0.25, -0.2) is 0 Å². The molecule has 2 N–H and O–H groups in total. The number of hydrogen-bond donors (Lipinski definition) is 1. The molecule has 0 bridgehead atoms. The zero-order chi connectivity index (χ0) is 15.9. The fourth-order valence-electron chi connectivity index (χ4n) is 2.29. The van der Waals surface area contributed by atoms with Gasteiger partial charge in [0.05, 0.1) is 0 Å². The Balaban J connectivity index is 2.97. The van der Waals surface area contributed by atoms with Crippen LogP contribution in [0.25, 0.3) is 0 Å². The van der Waals surface area contributed by atoms with Gasteiger partial charge in [0.25, 0.3) is 0 Å². The smallest absolute Gasteiger partial charge is 0.405 e. The van der Waals surface area contributed by atoms with Gasteiger partial charge >= 0.3 is 6.36 Å². The van der Waals surface area contributed by atoms with Crippen molar-refractivity contribution in [2.75, 3.05) is 0 Å². The molecule has 1 amide bonds. The fourth-order valence-corrected chi connectivity index (χ4v) is 2.29. The molecule has 1 unspecified atom stereocenters. The largest absolute Gasteiger partial charge is 0.573 e. The first-order valence-corrected chi connectivity index (χ1v) is 6.96. The molecule has 0 aliphatic heterocycles. The van der Waals surface area contributed by atoms with E-state index in [1.54, 1.807) is 12.1 Å². The van der Waals surface area contributed by atoms with E-state index < -0.39 is 12.3 Å². The monoisotopic (exact) mass is 303 g/mol. The van der Waals surface area contributed by atoms with Crippen LogP contribution in [0.15, 0.2) is 24.3 Å². The van der Waals surface area contributed by atoms with E-state index in [0.717, 1.165) is 19.3 Å². The first-order chi connectivity index (χ1) is 9.83. The Kier molecular flexibility index (Phi) is 6.52. The van der Waals surface area contributed by atoms with Crippen molar-refractivity contribution in [3.63, 3.8) is 0 Å². The number of alkyl halides is 3. The van der Waals surface area contributed by atoms with E-state index in [1.165, 1.54) is 12.1 Å². The molecule has 0 saturated heterocycles. The maximum atomic E-state index is 12.4. The van der Waals surface area contributed by atoms with Gasteiger partial charge in [0.1, 0.15) is 5.75 Å². The molecule has 0 aliphatic carbocycles. The van der Waals surface area contributed by atoms with Gasteiger partial charge in [-0.15, -0.1) is 13.2 Å². The summed E-state index contributed by atoms with van der Waals surface area (Å²) in [4.78, 5) is 11.2. The highest BCUT2D eigenvalue weighted by Gasteiger charge is 2.33. The number of halogens is 3. The van der Waals surface area contributed by atoms with Crippen LogP contribution in [0.4, 0.5) is 13.2 Å². The number of benzene rings is 1. The van der Waals surface area contributed by atoms with Crippen molar-refractivity contribution in [1.29, 1.82) is 0 Å². The third kappa shape index (κ3) is 6.51. The lowest BCUT2D eigenvalue weighted by Crippen LogP contribution is -2.20. The first-order valence-electron chi connectivity index (χ1n) is 6.96. The molecule has 1 rings (SSSR count). The molecule has 3 nitrogen and oxygen atoms in total. The molecule has 1 aromatic rings. The Morgan fingerprint density at radius 3 is 2.52 bits per heavy atom. The number of hydrogen-bond acceptors (Lipinski definition) is 2. The minimum absolute atomic E-state index is 0.0158. The third-order valence-corrected chi connectivity index (χ3v) is 3.19. The van der Waals surface area contributed by atoms with E-state index >= 15 is 0 Å². The average molecular weight is 303 g/mol. The number of nitrogens with two attached hydrogens (primary N) is 1. The maximum absolute atomic E-state index is 12.4. The highest BCUT2D eigenvalue weighted by atomic mass is 19.4. The van der Waals surface area contributed by atoms with Crippen LogP contribution >= 0.6 is 0 Å². The van der Waals surface area contributed by atoms with Crippen molar-refractivity contribution in [3.8, 4) is 5.75 Å². The van der Waals surface area contributed by atoms with Crippen LogP contribution in [0.3, 0.4) is 0 Å². The number of para-hydroxylation sites is 1. The predicted molar refractivity (Wildman–Crippen MR) is 73.8 cm³/mol. The van der Waals surface area contributed by atoms with Crippen molar-refractivity contribution >= 4 is 5.91 Å². The minimum atomic E-state index is -4.75. The van der Waals surface area contributed by atoms with Gasteiger partial charge in [0.15, 0.2) is 0 Å². The molecule has 118 valence electrons. The Labute approximate surface area is 122 Å².